The summed E-state index contributed by atoms with van der Waals surface area (Å²) < 4.78 is 5.54. The molecule has 1 aromatic rings. The number of aromatic nitrogens is 1. The number of anilines is 1. The van der Waals surface area contributed by atoms with Crippen molar-refractivity contribution in [1.82, 2.24) is 4.98 Å². The number of ether oxygens (including phenoxy) is 1. The van der Waals surface area contributed by atoms with Crippen LogP contribution in [0.5, 0.6) is 5.88 Å². The summed E-state index contributed by atoms with van der Waals surface area (Å²) in [6, 6.07) is 4.05. The van der Waals surface area contributed by atoms with Crippen molar-refractivity contribution in [2.75, 3.05) is 18.0 Å². The molecule has 76 valence electrons. The Morgan fingerprint density at radius 1 is 1.43 bits per heavy atom. The quantitative estimate of drug-likeness (QED) is 0.733. The molecular formula is C11H16N2O. The molecule has 14 heavy (non-hydrogen) atoms. The maximum Gasteiger partial charge on any atom is 0.215 e. The number of rotatable bonds is 3. The van der Waals surface area contributed by atoms with Crippen LogP contribution in [0.25, 0.3) is 0 Å². The maximum absolute atomic E-state index is 5.54. The number of pyridine rings is 1. The van der Waals surface area contributed by atoms with Gasteiger partial charge in [-0.25, -0.2) is 4.98 Å². The number of nitrogens with zero attached hydrogens (tertiary/aromatic N) is 2. The number of hydrogen-bond donors (Lipinski definition) is 0. The van der Waals surface area contributed by atoms with Crippen LogP contribution in [0.1, 0.15) is 20.3 Å². The van der Waals surface area contributed by atoms with E-state index in [1.54, 1.807) is 0 Å². The van der Waals surface area contributed by atoms with Gasteiger partial charge in [0.1, 0.15) is 0 Å². The van der Waals surface area contributed by atoms with E-state index < -0.39 is 0 Å². The first-order chi connectivity index (χ1) is 6.75. The normalized spacial score (nSPS) is 15.5. The van der Waals surface area contributed by atoms with E-state index in [4.69, 9.17) is 4.74 Å². The largest absolute Gasteiger partial charge is 0.475 e. The fraction of sp³-hybridized carbons (Fsp3) is 0.545. The van der Waals surface area contributed by atoms with E-state index >= 15 is 0 Å². The lowest BCUT2D eigenvalue weighted by Crippen LogP contribution is -2.36. The van der Waals surface area contributed by atoms with Crippen molar-refractivity contribution in [1.29, 1.82) is 0 Å². The monoisotopic (exact) mass is 192 g/mol. The Morgan fingerprint density at radius 2 is 2.21 bits per heavy atom. The third-order valence-corrected chi connectivity index (χ3v) is 2.30. The molecule has 1 aliphatic rings. The highest BCUT2D eigenvalue weighted by Gasteiger charge is 2.14. The van der Waals surface area contributed by atoms with Crippen LogP contribution in [0.4, 0.5) is 5.69 Å². The Hall–Kier alpha value is -1.25. The topological polar surface area (TPSA) is 25.4 Å². The van der Waals surface area contributed by atoms with E-state index in [1.165, 1.54) is 12.1 Å². The SMILES string of the molecule is CC(C)Oc1cc(N2CCC2)ccn1. The molecule has 0 saturated carbocycles. The molecule has 0 amide bonds. The molecular weight excluding hydrogens is 176 g/mol. The number of hydrogen-bond acceptors (Lipinski definition) is 3. The summed E-state index contributed by atoms with van der Waals surface area (Å²) in [7, 11) is 0. The van der Waals surface area contributed by atoms with Gasteiger partial charge in [0, 0.05) is 31.0 Å². The fourth-order valence-corrected chi connectivity index (χ4v) is 1.48. The molecule has 2 rings (SSSR count). The zero-order chi connectivity index (χ0) is 9.97. The lowest BCUT2D eigenvalue weighted by Gasteiger charge is -2.33. The molecule has 1 aliphatic heterocycles. The van der Waals surface area contributed by atoms with Gasteiger partial charge in [0.25, 0.3) is 0 Å². The first kappa shape index (κ1) is 9.31. The summed E-state index contributed by atoms with van der Waals surface area (Å²) in [4.78, 5) is 6.50. The van der Waals surface area contributed by atoms with E-state index in [-0.39, 0.29) is 6.10 Å². The Labute approximate surface area is 84.7 Å². The van der Waals surface area contributed by atoms with Crippen molar-refractivity contribution in [2.45, 2.75) is 26.4 Å². The second-order valence-corrected chi connectivity index (χ2v) is 3.86. The van der Waals surface area contributed by atoms with Gasteiger partial charge in [0.2, 0.25) is 5.88 Å². The van der Waals surface area contributed by atoms with Gasteiger partial charge in [-0.15, -0.1) is 0 Å². The van der Waals surface area contributed by atoms with E-state index in [9.17, 15) is 0 Å². The van der Waals surface area contributed by atoms with E-state index in [1.807, 2.05) is 32.2 Å². The first-order valence-electron chi connectivity index (χ1n) is 5.13. The second kappa shape index (κ2) is 3.86. The van der Waals surface area contributed by atoms with Crippen LogP contribution >= 0.6 is 0 Å². The van der Waals surface area contributed by atoms with Crippen molar-refractivity contribution in [3.8, 4) is 5.88 Å². The average Bonchev–Trinajstić information content (AvgIpc) is 1.99. The van der Waals surface area contributed by atoms with Gasteiger partial charge < -0.3 is 9.64 Å². The summed E-state index contributed by atoms with van der Waals surface area (Å²) in [6.45, 7) is 6.34. The minimum atomic E-state index is 0.189. The van der Waals surface area contributed by atoms with Crippen molar-refractivity contribution < 1.29 is 4.74 Å². The second-order valence-electron chi connectivity index (χ2n) is 3.86. The Morgan fingerprint density at radius 3 is 2.79 bits per heavy atom. The van der Waals surface area contributed by atoms with Crippen LogP contribution in [-0.4, -0.2) is 24.2 Å². The Kier molecular flexibility index (Phi) is 2.57. The van der Waals surface area contributed by atoms with Crippen molar-refractivity contribution in [3.05, 3.63) is 18.3 Å². The molecule has 0 N–H and O–H groups in total. The predicted octanol–water partition coefficient (Wildman–Crippen LogP) is 2.08. The molecule has 0 atom stereocenters. The van der Waals surface area contributed by atoms with Gasteiger partial charge in [-0.1, -0.05) is 0 Å². The highest BCUT2D eigenvalue weighted by atomic mass is 16.5. The first-order valence-corrected chi connectivity index (χ1v) is 5.13. The summed E-state index contributed by atoms with van der Waals surface area (Å²) >= 11 is 0. The van der Waals surface area contributed by atoms with Crippen LogP contribution in [-0.2, 0) is 0 Å². The molecule has 0 unspecified atom stereocenters. The van der Waals surface area contributed by atoms with Crippen LogP contribution in [0.2, 0.25) is 0 Å². The third-order valence-electron chi connectivity index (χ3n) is 2.30. The molecule has 0 aliphatic carbocycles. The lowest BCUT2D eigenvalue weighted by molar-refractivity contribution is 0.232. The molecule has 1 saturated heterocycles. The standard InChI is InChI=1S/C11H16N2O/c1-9(2)14-11-8-10(4-5-12-11)13-6-3-7-13/h4-5,8-9H,3,6-7H2,1-2H3. The highest BCUT2D eigenvalue weighted by molar-refractivity contribution is 5.49. The highest BCUT2D eigenvalue weighted by Crippen LogP contribution is 2.23. The molecule has 3 nitrogen and oxygen atoms in total. The summed E-state index contributed by atoms with van der Waals surface area (Å²) in [5, 5.41) is 0. The summed E-state index contributed by atoms with van der Waals surface area (Å²) in [5.74, 6) is 0.726. The predicted molar refractivity (Wildman–Crippen MR) is 56.8 cm³/mol. The van der Waals surface area contributed by atoms with Crippen molar-refractivity contribution in [3.63, 3.8) is 0 Å². The van der Waals surface area contributed by atoms with Crippen LogP contribution < -0.4 is 9.64 Å². The van der Waals surface area contributed by atoms with Gasteiger partial charge in [-0.3, -0.25) is 0 Å². The van der Waals surface area contributed by atoms with Crippen LogP contribution in [0.15, 0.2) is 18.3 Å². The fourth-order valence-electron chi connectivity index (χ4n) is 1.48. The molecule has 3 heteroatoms. The van der Waals surface area contributed by atoms with Gasteiger partial charge >= 0.3 is 0 Å². The Balaban J connectivity index is 2.09. The molecule has 0 bridgehead atoms. The maximum atomic E-state index is 5.54. The molecule has 0 aromatic carbocycles. The molecule has 0 spiro atoms. The minimum Gasteiger partial charge on any atom is -0.475 e. The van der Waals surface area contributed by atoms with Crippen LogP contribution in [0.3, 0.4) is 0 Å². The van der Waals surface area contributed by atoms with Gasteiger partial charge in [-0.2, -0.15) is 0 Å². The van der Waals surface area contributed by atoms with Gasteiger partial charge in [-0.05, 0) is 26.3 Å². The van der Waals surface area contributed by atoms with E-state index in [2.05, 4.69) is 9.88 Å². The van der Waals surface area contributed by atoms with Gasteiger partial charge in [0.15, 0.2) is 0 Å². The zero-order valence-electron chi connectivity index (χ0n) is 8.73. The third kappa shape index (κ3) is 1.97. The van der Waals surface area contributed by atoms with E-state index in [0.717, 1.165) is 19.0 Å². The Bertz CT molecular complexity index is 308. The molecule has 1 fully saturated rings. The lowest BCUT2D eigenvalue weighted by atomic mass is 10.2. The minimum absolute atomic E-state index is 0.189. The zero-order valence-corrected chi connectivity index (χ0v) is 8.73. The smallest absolute Gasteiger partial charge is 0.215 e. The van der Waals surface area contributed by atoms with Crippen LogP contribution in [0, 0.1) is 0 Å². The molecule has 0 radical (unpaired) electrons. The summed E-state index contributed by atoms with van der Waals surface area (Å²) in [5.41, 5.74) is 1.22. The molecule has 2 heterocycles. The van der Waals surface area contributed by atoms with Crippen molar-refractivity contribution in [2.24, 2.45) is 0 Å². The summed E-state index contributed by atoms with van der Waals surface area (Å²) in [6.07, 6.45) is 3.29. The molecule has 1 aromatic heterocycles. The van der Waals surface area contributed by atoms with Gasteiger partial charge in [0.05, 0.1) is 6.10 Å². The van der Waals surface area contributed by atoms with Crippen molar-refractivity contribution >= 4 is 5.69 Å². The van der Waals surface area contributed by atoms with E-state index in [0.29, 0.717) is 0 Å². The average molecular weight is 192 g/mol.